The van der Waals surface area contributed by atoms with Gasteiger partial charge in [0.25, 0.3) is 11.7 Å². The van der Waals surface area contributed by atoms with Crippen molar-refractivity contribution in [3.63, 3.8) is 0 Å². The Morgan fingerprint density at radius 1 is 0.846 bits per heavy atom. The highest BCUT2D eigenvalue weighted by Gasteiger charge is 2.47. The molecule has 1 N–H and O–H groups in total. The number of rotatable bonds is 4. The van der Waals surface area contributed by atoms with Gasteiger partial charge in [-0.05, 0) is 62.0 Å². The number of Topliss-reactive ketones (excluding diaryl/α,β-unsaturated/α-hetero) is 1. The molecule has 8 nitrogen and oxygen atoms in total. The second-order valence-electron chi connectivity index (χ2n) is 10.2. The molecule has 0 radical (unpaired) electrons. The summed E-state index contributed by atoms with van der Waals surface area (Å²) in [6.07, 6.45) is 0. The second-order valence-corrected chi connectivity index (χ2v) is 10.2. The largest absolute Gasteiger partial charge is 0.507 e. The Balaban J connectivity index is 1.42. The standard InChI is InChI=1S/C31H31N3O5/c1-20-4-3-5-21(18-20)28-27(29(35)22-6-11-25-26(19-22)39-17-16-38-25)30(36)31(37)34(28)24-9-7-23(8-10-24)33-14-12-32(2)13-15-33/h3-11,18-19,28,35H,12-17H2,1-2H3/b29-27-. The second kappa shape index (κ2) is 10.1. The first-order chi connectivity index (χ1) is 18.9. The molecule has 200 valence electrons. The maximum absolute atomic E-state index is 13.5. The van der Waals surface area contributed by atoms with Gasteiger partial charge in [0.1, 0.15) is 19.0 Å². The molecular formula is C31H31N3O5. The lowest BCUT2D eigenvalue weighted by atomic mass is 9.94. The van der Waals surface area contributed by atoms with Gasteiger partial charge in [-0.2, -0.15) is 0 Å². The van der Waals surface area contributed by atoms with Gasteiger partial charge in [0.15, 0.2) is 11.5 Å². The van der Waals surface area contributed by atoms with Crippen LogP contribution in [0.5, 0.6) is 11.5 Å². The van der Waals surface area contributed by atoms with E-state index in [0.717, 1.165) is 43.0 Å². The fourth-order valence-electron chi connectivity index (χ4n) is 5.49. The Labute approximate surface area is 227 Å². The number of aliphatic hydroxyl groups is 1. The van der Waals surface area contributed by atoms with Crippen molar-refractivity contribution in [1.29, 1.82) is 0 Å². The minimum absolute atomic E-state index is 0.0467. The van der Waals surface area contributed by atoms with Gasteiger partial charge in [-0.25, -0.2) is 0 Å². The van der Waals surface area contributed by atoms with Crippen LogP contribution in [0.25, 0.3) is 5.76 Å². The molecule has 3 aromatic carbocycles. The zero-order valence-corrected chi connectivity index (χ0v) is 22.1. The smallest absolute Gasteiger partial charge is 0.300 e. The van der Waals surface area contributed by atoms with E-state index in [9.17, 15) is 14.7 Å². The first-order valence-corrected chi connectivity index (χ1v) is 13.2. The van der Waals surface area contributed by atoms with Gasteiger partial charge in [-0.3, -0.25) is 14.5 Å². The Morgan fingerprint density at radius 2 is 1.54 bits per heavy atom. The van der Waals surface area contributed by atoms with E-state index < -0.39 is 17.7 Å². The van der Waals surface area contributed by atoms with Crippen LogP contribution in [-0.2, 0) is 9.59 Å². The first kappa shape index (κ1) is 25.0. The zero-order chi connectivity index (χ0) is 27.1. The average Bonchev–Trinajstić information content (AvgIpc) is 3.23. The molecule has 1 atom stereocenters. The van der Waals surface area contributed by atoms with E-state index in [1.807, 2.05) is 55.5 Å². The van der Waals surface area contributed by atoms with Crippen LogP contribution in [0, 0.1) is 6.92 Å². The van der Waals surface area contributed by atoms with E-state index in [4.69, 9.17) is 9.47 Å². The zero-order valence-electron chi connectivity index (χ0n) is 22.1. The highest BCUT2D eigenvalue weighted by atomic mass is 16.6. The summed E-state index contributed by atoms with van der Waals surface area (Å²) in [4.78, 5) is 33.2. The Bertz CT molecular complexity index is 1460. The van der Waals surface area contributed by atoms with E-state index in [-0.39, 0.29) is 11.3 Å². The minimum Gasteiger partial charge on any atom is -0.507 e. The molecule has 8 heteroatoms. The van der Waals surface area contributed by atoms with Gasteiger partial charge in [0.2, 0.25) is 0 Å². The molecule has 1 unspecified atom stereocenters. The molecular weight excluding hydrogens is 494 g/mol. The highest BCUT2D eigenvalue weighted by Crippen LogP contribution is 2.43. The molecule has 2 fully saturated rings. The van der Waals surface area contributed by atoms with E-state index in [0.29, 0.717) is 36.0 Å². The number of likely N-dealkylation sites (N-methyl/N-ethyl adjacent to an activating group) is 1. The summed E-state index contributed by atoms with van der Waals surface area (Å²) < 4.78 is 11.3. The summed E-state index contributed by atoms with van der Waals surface area (Å²) in [5.41, 5.74) is 3.85. The van der Waals surface area contributed by atoms with Crippen molar-refractivity contribution in [2.75, 3.05) is 56.2 Å². The van der Waals surface area contributed by atoms with Crippen LogP contribution in [0.2, 0.25) is 0 Å². The van der Waals surface area contributed by atoms with E-state index in [1.165, 1.54) is 4.90 Å². The molecule has 0 spiro atoms. The maximum atomic E-state index is 13.5. The van der Waals surface area contributed by atoms with Gasteiger partial charge in [-0.15, -0.1) is 0 Å². The number of aryl methyl sites for hydroxylation is 1. The topological polar surface area (TPSA) is 82.5 Å². The van der Waals surface area contributed by atoms with Crippen molar-refractivity contribution in [2.45, 2.75) is 13.0 Å². The Hall–Kier alpha value is -4.30. The summed E-state index contributed by atoms with van der Waals surface area (Å²) >= 11 is 0. The number of nitrogens with zero attached hydrogens (tertiary/aromatic N) is 3. The number of amides is 1. The minimum atomic E-state index is -0.785. The van der Waals surface area contributed by atoms with Crippen molar-refractivity contribution in [1.82, 2.24) is 4.90 Å². The number of fused-ring (bicyclic) bond motifs is 1. The highest BCUT2D eigenvalue weighted by molar-refractivity contribution is 6.51. The predicted molar refractivity (Wildman–Crippen MR) is 150 cm³/mol. The van der Waals surface area contributed by atoms with Crippen molar-refractivity contribution in [3.8, 4) is 11.5 Å². The molecule has 6 rings (SSSR count). The van der Waals surface area contributed by atoms with Crippen molar-refractivity contribution < 1.29 is 24.2 Å². The Morgan fingerprint density at radius 3 is 2.26 bits per heavy atom. The normalized spacial score (nSPS) is 20.9. The number of carbonyl (C=O) groups excluding carboxylic acids is 2. The summed E-state index contributed by atoms with van der Waals surface area (Å²) in [5, 5.41) is 11.5. The van der Waals surface area contributed by atoms with Crippen molar-refractivity contribution in [3.05, 3.63) is 89.0 Å². The number of carbonyl (C=O) groups is 2. The third kappa shape index (κ3) is 4.61. The molecule has 0 saturated carbocycles. The van der Waals surface area contributed by atoms with Crippen LogP contribution >= 0.6 is 0 Å². The number of ether oxygens (including phenoxy) is 2. The van der Waals surface area contributed by atoms with Gasteiger partial charge in [0.05, 0.1) is 11.6 Å². The fraction of sp³-hybridized carbons (Fsp3) is 0.290. The summed E-state index contributed by atoms with van der Waals surface area (Å²) in [5.74, 6) is -0.571. The molecule has 1 amide bonds. The predicted octanol–water partition coefficient (Wildman–Crippen LogP) is 4.14. The average molecular weight is 526 g/mol. The number of piperazine rings is 1. The van der Waals surface area contributed by atoms with Gasteiger partial charge >= 0.3 is 0 Å². The maximum Gasteiger partial charge on any atom is 0.300 e. The number of benzene rings is 3. The van der Waals surface area contributed by atoms with Crippen LogP contribution in [0.3, 0.4) is 0 Å². The number of hydrogen-bond donors (Lipinski definition) is 1. The quantitative estimate of drug-likeness (QED) is 0.311. The molecule has 2 saturated heterocycles. The molecule has 39 heavy (non-hydrogen) atoms. The van der Waals surface area contributed by atoms with Crippen molar-refractivity contribution in [2.24, 2.45) is 0 Å². The first-order valence-electron chi connectivity index (χ1n) is 13.2. The third-order valence-corrected chi connectivity index (χ3v) is 7.61. The van der Waals surface area contributed by atoms with Gasteiger partial charge in [-0.1, -0.05) is 29.8 Å². The lowest BCUT2D eigenvalue weighted by Gasteiger charge is -2.34. The van der Waals surface area contributed by atoms with E-state index in [2.05, 4.69) is 16.8 Å². The van der Waals surface area contributed by atoms with E-state index in [1.54, 1.807) is 18.2 Å². The van der Waals surface area contributed by atoms with Crippen LogP contribution in [0.15, 0.2) is 72.3 Å². The third-order valence-electron chi connectivity index (χ3n) is 7.61. The number of hydrogen-bond acceptors (Lipinski definition) is 7. The number of anilines is 2. The lowest BCUT2D eigenvalue weighted by molar-refractivity contribution is -0.132. The van der Waals surface area contributed by atoms with Crippen LogP contribution in [0.1, 0.15) is 22.7 Å². The fourth-order valence-corrected chi connectivity index (χ4v) is 5.49. The number of aliphatic hydroxyl groups excluding tert-OH is 1. The van der Waals surface area contributed by atoms with E-state index >= 15 is 0 Å². The molecule has 0 aromatic heterocycles. The van der Waals surface area contributed by atoms with Gasteiger partial charge in [0, 0.05) is 43.1 Å². The van der Waals surface area contributed by atoms with Crippen LogP contribution in [0.4, 0.5) is 11.4 Å². The lowest BCUT2D eigenvalue weighted by Crippen LogP contribution is -2.44. The molecule has 0 aliphatic carbocycles. The monoisotopic (exact) mass is 525 g/mol. The molecule has 3 aliphatic rings. The SMILES string of the molecule is Cc1cccc(C2/C(=C(/O)c3ccc4c(c3)OCCO4)C(=O)C(=O)N2c2ccc(N3CCN(C)CC3)cc2)c1. The van der Waals surface area contributed by atoms with Gasteiger partial charge < -0.3 is 24.4 Å². The molecule has 3 aliphatic heterocycles. The van der Waals surface area contributed by atoms with Crippen molar-refractivity contribution >= 4 is 28.8 Å². The molecule has 0 bridgehead atoms. The summed E-state index contributed by atoms with van der Waals surface area (Å²) in [6, 6.07) is 19.7. The van der Waals surface area contributed by atoms with Crippen LogP contribution in [-0.4, -0.2) is 68.1 Å². The van der Waals surface area contributed by atoms with Crippen LogP contribution < -0.4 is 19.3 Å². The molecule has 3 heterocycles. The summed E-state index contributed by atoms with van der Waals surface area (Å²) in [7, 11) is 2.12. The molecule has 3 aromatic rings. The number of ketones is 1. The Kier molecular flexibility index (Phi) is 6.48. The summed E-state index contributed by atoms with van der Waals surface area (Å²) in [6.45, 7) is 6.65.